The third-order valence-corrected chi connectivity index (χ3v) is 3.23. The number of carbonyl (C=O) groups excluding carboxylic acids is 1. The number of rotatable bonds is 2. The van der Waals surface area contributed by atoms with Crippen LogP contribution in [0.4, 0.5) is 10.6 Å². The van der Waals surface area contributed by atoms with Crippen LogP contribution in [0, 0.1) is 0 Å². The summed E-state index contributed by atoms with van der Waals surface area (Å²) in [5, 5.41) is 11.3. The highest BCUT2D eigenvalue weighted by Crippen LogP contribution is 2.22. The molecule has 3 rings (SSSR count). The summed E-state index contributed by atoms with van der Waals surface area (Å²) in [4.78, 5) is 32.0. The minimum absolute atomic E-state index is 0.165. The molecule has 0 radical (unpaired) electrons. The van der Waals surface area contributed by atoms with Gasteiger partial charge in [0.15, 0.2) is 11.5 Å². The number of amides is 2. The van der Waals surface area contributed by atoms with Crippen molar-refractivity contribution >= 4 is 17.8 Å². The summed E-state index contributed by atoms with van der Waals surface area (Å²) in [6.07, 6.45) is 2.33. The lowest BCUT2D eigenvalue weighted by molar-refractivity contribution is 0.0690. The maximum Gasteiger partial charge on any atom is 0.356 e. The van der Waals surface area contributed by atoms with E-state index in [9.17, 15) is 9.59 Å². The molecule has 1 aromatic heterocycles. The lowest BCUT2D eigenvalue weighted by Gasteiger charge is -2.15. The number of aromatic carboxylic acids is 1. The molecule has 0 atom stereocenters. The van der Waals surface area contributed by atoms with Crippen LogP contribution >= 0.6 is 0 Å². The number of anilines is 1. The van der Waals surface area contributed by atoms with Crippen LogP contribution in [0.2, 0.25) is 0 Å². The highest BCUT2D eigenvalue weighted by molar-refractivity contribution is 5.89. The number of carboxylic acid groups (broad SMARTS) is 1. The summed E-state index contributed by atoms with van der Waals surface area (Å²) in [5.74, 6) is -0.934. The molecule has 106 valence electrons. The van der Waals surface area contributed by atoms with Crippen molar-refractivity contribution in [3.63, 3.8) is 0 Å². The quantitative estimate of drug-likeness (QED) is 0.875. The molecule has 1 aliphatic rings. The molecule has 2 aromatic rings. The van der Waals surface area contributed by atoms with Gasteiger partial charge in [0.2, 0.25) is 0 Å². The predicted molar refractivity (Wildman–Crippen MR) is 73.7 cm³/mol. The minimum atomic E-state index is -1.16. The Balaban J connectivity index is 1.66. The first-order valence-electron chi connectivity index (χ1n) is 6.31. The molecule has 0 bridgehead atoms. The first-order valence-corrected chi connectivity index (χ1v) is 6.31. The van der Waals surface area contributed by atoms with E-state index in [1.165, 1.54) is 6.20 Å². The van der Waals surface area contributed by atoms with Crippen molar-refractivity contribution in [2.75, 3.05) is 5.32 Å². The molecule has 2 N–H and O–H groups in total. The fraction of sp³-hybridized carbons (Fsp3) is 0.143. The van der Waals surface area contributed by atoms with Crippen LogP contribution in [-0.4, -0.2) is 32.0 Å². The van der Waals surface area contributed by atoms with Gasteiger partial charge in [-0.25, -0.2) is 19.6 Å². The van der Waals surface area contributed by atoms with Gasteiger partial charge in [0.25, 0.3) is 0 Å². The van der Waals surface area contributed by atoms with E-state index in [0.29, 0.717) is 13.1 Å². The molecule has 21 heavy (non-hydrogen) atoms. The zero-order valence-corrected chi connectivity index (χ0v) is 11.0. The highest BCUT2D eigenvalue weighted by atomic mass is 16.4. The molecular formula is C14H12N4O3. The molecule has 0 aliphatic carbocycles. The van der Waals surface area contributed by atoms with E-state index in [-0.39, 0.29) is 17.5 Å². The number of nitrogens with one attached hydrogen (secondary N) is 1. The van der Waals surface area contributed by atoms with Crippen LogP contribution in [0.25, 0.3) is 0 Å². The van der Waals surface area contributed by atoms with Crippen LogP contribution in [0.1, 0.15) is 21.6 Å². The number of hydrogen-bond donors (Lipinski definition) is 2. The highest BCUT2D eigenvalue weighted by Gasteiger charge is 2.23. The fourth-order valence-electron chi connectivity index (χ4n) is 2.17. The zero-order chi connectivity index (χ0) is 14.8. The fourth-order valence-corrected chi connectivity index (χ4v) is 2.17. The maximum absolute atomic E-state index is 12.1. The van der Waals surface area contributed by atoms with Gasteiger partial charge < -0.3 is 10.0 Å². The Labute approximate surface area is 120 Å². The van der Waals surface area contributed by atoms with Crippen molar-refractivity contribution in [1.29, 1.82) is 0 Å². The minimum Gasteiger partial charge on any atom is -0.476 e. The van der Waals surface area contributed by atoms with Gasteiger partial charge >= 0.3 is 12.0 Å². The second-order valence-electron chi connectivity index (χ2n) is 4.65. The van der Waals surface area contributed by atoms with Crippen LogP contribution in [0.15, 0.2) is 36.7 Å². The summed E-state index contributed by atoms with van der Waals surface area (Å²) < 4.78 is 0. The topological polar surface area (TPSA) is 95.4 Å². The summed E-state index contributed by atoms with van der Waals surface area (Å²) in [5.41, 5.74) is 2.08. The molecule has 0 spiro atoms. The average Bonchev–Trinajstić information content (AvgIpc) is 2.92. The van der Waals surface area contributed by atoms with Crippen molar-refractivity contribution in [2.45, 2.75) is 13.1 Å². The van der Waals surface area contributed by atoms with E-state index in [1.54, 1.807) is 4.90 Å². The summed E-state index contributed by atoms with van der Waals surface area (Å²) in [6, 6.07) is 7.57. The smallest absolute Gasteiger partial charge is 0.356 e. The summed E-state index contributed by atoms with van der Waals surface area (Å²) in [7, 11) is 0. The lowest BCUT2D eigenvalue weighted by Crippen LogP contribution is -2.30. The number of hydrogen-bond acceptors (Lipinski definition) is 4. The Morgan fingerprint density at radius 3 is 2.29 bits per heavy atom. The number of urea groups is 1. The van der Waals surface area contributed by atoms with Crippen molar-refractivity contribution in [2.24, 2.45) is 0 Å². The molecule has 0 fully saturated rings. The molecule has 0 unspecified atom stereocenters. The third-order valence-electron chi connectivity index (χ3n) is 3.23. The molecule has 0 saturated heterocycles. The van der Waals surface area contributed by atoms with Crippen LogP contribution in [0.3, 0.4) is 0 Å². The van der Waals surface area contributed by atoms with Gasteiger partial charge in [-0.3, -0.25) is 5.32 Å². The second-order valence-corrected chi connectivity index (χ2v) is 4.65. The van der Waals surface area contributed by atoms with Gasteiger partial charge in [-0.05, 0) is 11.1 Å². The van der Waals surface area contributed by atoms with Crippen LogP contribution in [-0.2, 0) is 13.1 Å². The number of nitrogens with zero attached hydrogens (tertiary/aromatic N) is 3. The standard InChI is InChI=1S/C14H12N4O3/c19-13(20)11-5-16-12(6-15-11)17-14(21)18-7-9-3-1-2-4-10(9)8-18/h1-6H,7-8H2,(H,19,20)(H,16,17,21). The summed E-state index contributed by atoms with van der Waals surface area (Å²) in [6.45, 7) is 1.09. The molecule has 1 aliphatic heterocycles. The SMILES string of the molecule is O=C(O)c1cnc(NC(=O)N2Cc3ccccc3C2)cn1. The van der Waals surface area contributed by atoms with Crippen molar-refractivity contribution in [1.82, 2.24) is 14.9 Å². The van der Waals surface area contributed by atoms with E-state index >= 15 is 0 Å². The lowest BCUT2D eigenvalue weighted by atomic mass is 10.1. The zero-order valence-electron chi connectivity index (χ0n) is 11.0. The Kier molecular flexibility index (Phi) is 3.23. The Bertz CT molecular complexity index is 675. The first kappa shape index (κ1) is 13.0. The van der Waals surface area contributed by atoms with Gasteiger partial charge in [0, 0.05) is 13.1 Å². The molecule has 7 nitrogen and oxygen atoms in total. The molecule has 2 heterocycles. The first-order chi connectivity index (χ1) is 10.1. The molecule has 2 amide bonds. The summed E-state index contributed by atoms with van der Waals surface area (Å²) >= 11 is 0. The molecular weight excluding hydrogens is 272 g/mol. The van der Waals surface area contributed by atoms with Gasteiger partial charge in [-0.15, -0.1) is 0 Å². The van der Waals surface area contributed by atoms with Crippen molar-refractivity contribution in [3.8, 4) is 0 Å². The Hall–Kier alpha value is -2.96. The van der Waals surface area contributed by atoms with E-state index in [2.05, 4.69) is 15.3 Å². The predicted octanol–water partition coefficient (Wildman–Crippen LogP) is 1.72. The van der Waals surface area contributed by atoms with Crippen LogP contribution < -0.4 is 5.32 Å². The van der Waals surface area contributed by atoms with Crippen molar-refractivity contribution in [3.05, 3.63) is 53.5 Å². The second kappa shape index (κ2) is 5.20. The van der Waals surface area contributed by atoms with Crippen molar-refractivity contribution < 1.29 is 14.7 Å². The molecule has 7 heteroatoms. The number of benzene rings is 1. The van der Waals surface area contributed by atoms with E-state index in [1.807, 2.05) is 24.3 Å². The number of aromatic nitrogens is 2. The normalized spacial score (nSPS) is 12.9. The largest absolute Gasteiger partial charge is 0.476 e. The number of fused-ring (bicyclic) bond motifs is 1. The van der Waals surface area contributed by atoms with E-state index in [0.717, 1.165) is 17.3 Å². The Morgan fingerprint density at radius 2 is 1.76 bits per heavy atom. The third kappa shape index (κ3) is 2.66. The number of carboxylic acids is 1. The molecule has 0 saturated carbocycles. The Morgan fingerprint density at radius 1 is 1.10 bits per heavy atom. The van der Waals surface area contributed by atoms with E-state index in [4.69, 9.17) is 5.11 Å². The monoisotopic (exact) mass is 284 g/mol. The van der Waals surface area contributed by atoms with Gasteiger partial charge in [-0.2, -0.15) is 0 Å². The van der Waals surface area contributed by atoms with E-state index < -0.39 is 5.97 Å². The van der Waals surface area contributed by atoms with Gasteiger partial charge in [0.05, 0.1) is 12.4 Å². The number of carbonyl (C=O) groups is 2. The van der Waals surface area contributed by atoms with Gasteiger partial charge in [0.1, 0.15) is 0 Å². The van der Waals surface area contributed by atoms with Crippen LogP contribution in [0.5, 0.6) is 0 Å². The van der Waals surface area contributed by atoms with Gasteiger partial charge in [-0.1, -0.05) is 24.3 Å². The maximum atomic E-state index is 12.1. The molecule has 1 aromatic carbocycles. The average molecular weight is 284 g/mol.